The van der Waals surface area contributed by atoms with E-state index < -0.39 is 0 Å². The van der Waals surface area contributed by atoms with Crippen molar-refractivity contribution in [3.8, 4) is 11.5 Å². The quantitative estimate of drug-likeness (QED) is 0.505. The fourth-order valence-electron chi connectivity index (χ4n) is 3.29. The molecular weight excluding hydrogens is 384 g/mol. The van der Waals surface area contributed by atoms with E-state index in [0.717, 1.165) is 4.68 Å². The SMILES string of the molecule is CC(C)CC(NC(=O)Cn1nc(-c2ccco2)ccc1=O)c1nnc2ccccn12. The van der Waals surface area contributed by atoms with Crippen molar-refractivity contribution < 1.29 is 9.21 Å². The van der Waals surface area contributed by atoms with E-state index in [2.05, 4.69) is 34.5 Å². The Balaban J connectivity index is 1.56. The molecule has 9 nitrogen and oxygen atoms in total. The van der Waals surface area contributed by atoms with Gasteiger partial charge in [0.2, 0.25) is 5.91 Å². The molecule has 4 rings (SSSR count). The Labute approximate surface area is 172 Å². The van der Waals surface area contributed by atoms with Crippen molar-refractivity contribution in [3.05, 3.63) is 71.1 Å². The lowest BCUT2D eigenvalue weighted by Crippen LogP contribution is -2.36. The second kappa shape index (κ2) is 8.32. The number of carbonyl (C=O) groups excluding carboxylic acids is 1. The smallest absolute Gasteiger partial charge is 0.267 e. The molecule has 4 heterocycles. The van der Waals surface area contributed by atoms with Crippen molar-refractivity contribution in [2.24, 2.45) is 5.92 Å². The second-order valence-electron chi connectivity index (χ2n) is 7.43. The van der Waals surface area contributed by atoms with Gasteiger partial charge in [0.05, 0.1) is 12.3 Å². The molecule has 0 aliphatic rings. The van der Waals surface area contributed by atoms with Crippen LogP contribution in [0.3, 0.4) is 0 Å². The predicted octanol–water partition coefficient (Wildman–Crippen LogP) is 2.45. The minimum absolute atomic E-state index is 0.210. The molecule has 1 atom stereocenters. The van der Waals surface area contributed by atoms with Crippen molar-refractivity contribution >= 4 is 11.6 Å². The van der Waals surface area contributed by atoms with Gasteiger partial charge in [-0.3, -0.25) is 14.0 Å². The van der Waals surface area contributed by atoms with Crippen molar-refractivity contribution in [1.82, 2.24) is 29.7 Å². The van der Waals surface area contributed by atoms with Gasteiger partial charge >= 0.3 is 0 Å². The van der Waals surface area contributed by atoms with Crippen molar-refractivity contribution in [2.45, 2.75) is 32.9 Å². The molecule has 0 aromatic carbocycles. The highest BCUT2D eigenvalue weighted by Crippen LogP contribution is 2.20. The van der Waals surface area contributed by atoms with Crippen LogP contribution < -0.4 is 10.9 Å². The van der Waals surface area contributed by atoms with E-state index in [9.17, 15) is 9.59 Å². The van der Waals surface area contributed by atoms with E-state index in [1.54, 1.807) is 18.2 Å². The summed E-state index contributed by atoms with van der Waals surface area (Å²) in [5.41, 5.74) is 0.822. The maximum absolute atomic E-state index is 12.8. The van der Waals surface area contributed by atoms with Gasteiger partial charge in [0, 0.05) is 12.3 Å². The Morgan fingerprint density at radius 3 is 2.77 bits per heavy atom. The van der Waals surface area contributed by atoms with Crippen LogP contribution in [0.1, 0.15) is 32.1 Å². The minimum atomic E-state index is -0.367. The van der Waals surface area contributed by atoms with Crippen molar-refractivity contribution in [2.75, 3.05) is 0 Å². The van der Waals surface area contributed by atoms with Crippen LogP contribution in [-0.4, -0.2) is 30.3 Å². The molecule has 154 valence electrons. The third kappa shape index (κ3) is 4.14. The molecular formula is C21H22N6O3. The lowest BCUT2D eigenvalue weighted by atomic mass is 10.0. The molecule has 9 heteroatoms. The number of furan rings is 1. The number of rotatable bonds is 7. The number of nitrogens with zero attached hydrogens (tertiary/aromatic N) is 5. The first-order valence-corrected chi connectivity index (χ1v) is 9.72. The normalized spacial score (nSPS) is 12.4. The highest BCUT2D eigenvalue weighted by molar-refractivity contribution is 5.76. The van der Waals surface area contributed by atoms with Gasteiger partial charge in [-0.05, 0) is 42.7 Å². The van der Waals surface area contributed by atoms with Gasteiger partial charge in [-0.25, -0.2) is 4.68 Å². The van der Waals surface area contributed by atoms with Crippen LogP contribution >= 0.6 is 0 Å². The minimum Gasteiger partial charge on any atom is -0.463 e. The summed E-state index contributed by atoms with van der Waals surface area (Å²) in [4.78, 5) is 25.0. The molecule has 0 fully saturated rings. The summed E-state index contributed by atoms with van der Waals surface area (Å²) in [6.07, 6.45) is 4.07. The van der Waals surface area contributed by atoms with Gasteiger partial charge < -0.3 is 9.73 Å². The first kappa shape index (κ1) is 19.6. The standard InChI is InChI=1S/C21H22N6O3/c1-14(2)12-16(21-24-23-18-7-3-4-10-26(18)21)22-19(28)13-27-20(29)9-8-15(25-27)17-6-5-11-30-17/h3-11,14,16H,12-13H2,1-2H3,(H,22,28). The van der Waals surface area contributed by atoms with Gasteiger partial charge in [0.25, 0.3) is 5.56 Å². The van der Waals surface area contributed by atoms with Crippen molar-refractivity contribution in [3.63, 3.8) is 0 Å². The fraction of sp³-hybridized carbons (Fsp3) is 0.286. The molecule has 0 saturated carbocycles. The van der Waals surface area contributed by atoms with Gasteiger partial charge in [0.1, 0.15) is 12.2 Å². The molecule has 30 heavy (non-hydrogen) atoms. The van der Waals surface area contributed by atoms with Gasteiger partial charge in [-0.1, -0.05) is 19.9 Å². The van der Waals surface area contributed by atoms with E-state index in [1.807, 2.05) is 28.8 Å². The monoisotopic (exact) mass is 406 g/mol. The summed E-state index contributed by atoms with van der Waals surface area (Å²) >= 11 is 0. The number of aromatic nitrogens is 5. The lowest BCUT2D eigenvalue weighted by Gasteiger charge is -2.19. The number of pyridine rings is 1. The third-order valence-electron chi connectivity index (χ3n) is 4.63. The summed E-state index contributed by atoms with van der Waals surface area (Å²) in [5.74, 6) is 1.16. The Kier molecular flexibility index (Phi) is 5.42. The number of amides is 1. The van der Waals surface area contributed by atoms with Crippen LogP contribution in [0.2, 0.25) is 0 Å². The molecule has 4 aromatic heterocycles. The Morgan fingerprint density at radius 2 is 2.00 bits per heavy atom. The number of nitrogens with one attached hydrogen (secondary N) is 1. The Hall–Kier alpha value is -3.75. The van der Waals surface area contributed by atoms with Gasteiger partial charge in [-0.15, -0.1) is 10.2 Å². The van der Waals surface area contributed by atoms with E-state index in [4.69, 9.17) is 4.42 Å². The third-order valence-corrected chi connectivity index (χ3v) is 4.63. The molecule has 0 spiro atoms. The van der Waals surface area contributed by atoms with Crippen molar-refractivity contribution in [1.29, 1.82) is 0 Å². The fourth-order valence-corrected chi connectivity index (χ4v) is 3.29. The molecule has 0 bridgehead atoms. The second-order valence-corrected chi connectivity index (χ2v) is 7.43. The van der Waals surface area contributed by atoms with Crippen LogP contribution in [0.25, 0.3) is 17.1 Å². The summed E-state index contributed by atoms with van der Waals surface area (Å²) in [5, 5.41) is 15.7. The molecule has 0 aliphatic carbocycles. The molecule has 0 radical (unpaired) electrons. The molecule has 1 unspecified atom stereocenters. The highest BCUT2D eigenvalue weighted by Gasteiger charge is 2.22. The van der Waals surface area contributed by atoms with Gasteiger partial charge in [-0.2, -0.15) is 5.10 Å². The highest BCUT2D eigenvalue weighted by atomic mass is 16.3. The predicted molar refractivity (Wildman–Crippen MR) is 110 cm³/mol. The molecule has 4 aromatic rings. The first-order valence-electron chi connectivity index (χ1n) is 9.72. The Bertz CT molecular complexity index is 1210. The molecule has 1 amide bonds. The largest absolute Gasteiger partial charge is 0.463 e. The van der Waals surface area contributed by atoms with Crippen LogP contribution in [0.15, 0.2) is 64.1 Å². The summed E-state index contributed by atoms with van der Waals surface area (Å²) in [6.45, 7) is 3.93. The zero-order valence-corrected chi connectivity index (χ0v) is 16.7. The summed E-state index contributed by atoms with van der Waals surface area (Å²) in [6, 6.07) is 11.7. The first-order chi connectivity index (χ1) is 14.5. The topological polar surface area (TPSA) is 107 Å². The number of hydrogen-bond donors (Lipinski definition) is 1. The van der Waals surface area contributed by atoms with Crippen LogP contribution in [0.5, 0.6) is 0 Å². The Morgan fingerprint density at radius 1 is 1.13 bits per heavy atom. The van der Waals surface area contributed by atoms with Gasteiger partial charge in [0.15, 0.2) is 17.2 Å². The summed E-state index contributed by atoms with van der Waals surface area (Å²) < 4.78 is 8.30. The lowest BCUT2D eigenvalue weighted by molar-refractivity contribution is -0.122. The average Bonchev–Trinajstić information content (AvgIpc) is 3.39. The average molecular weight is 406 g/mol. The van der Waals surface area contributed by atoms with E-state index in [0.29, 0.717) is 35.3 Å². The van der Waals surface area contributed by atoms with Crippen LogP contribution in [-0.2, 0) is 11.3 Å². The molecule has 1 N–H and O–H groups in total. The van der Waals surface area contributed by atoms with E-state index in [-0.39, 0.29) is 24.1 Å². The maximum Gasteiger partial charge on any atom is 0.267 e. The zero-order valence-electron chi connectivity index (χ0n) is 16.7. The zero-order chi connectivity index (χ0) is 21.1. The van der Waals surface area contributed by atoms with Crippen LogP contribution in [0, 0.1) is 5.92 Å². The molecule has 0 aliphatic heterocycles. The number of carbonyl (C=O) groups is 1. The molecule has 0 saturated heterocycles. The summed E-state index contributed by atoms with van der Waals surface area (Å²) in [7, 11) is 0. The van der Waals surface area contributed by atoms with E-state index >= 15 is 0 Å². The van der Waals surface area contributed by atoms with Crippen LogP contribution in [0.4, 0.5) is 0 Å². The van der Waals surface area contributed by atoms with E-state index in [1.165, 1.54) is 12.3 Å². The maximum atomic E-state index is 12.8. The number of hydrogen-bond acceptors (Lipinski definition) is 6. The number of fused-ring (bicyclic) bond motifs is 1.